The second-order valence-corrected chi connectivity index (χ2v) is 6.38. The highest BCUT2D eigenvalue weighted by Crippen LogP contribution is 2.15. The van der Waals surface area contributed by atoms with Crippen molar-refractivity contribution < 1.29 is 4.74 Å². The second-order valence-electron chi connectivity index (χ2n) is 6.38. The summed E-state index contributed by atoms with van der Waals surface area (Å²) in [6, 6.07) is 10.0. The summed E-state index contributed by atoms with van der Waals surface area (Å²) < 4.78 is 5.74. The summed E-state index contributed by atoms with van der Waals surface area (Å²) in [5.41, 5.74) is 1.04. The minimum atomic E-state index is 0.639. The Morgan fingerprint density at radius 3 is 2.63 bits per heavy atom. The maximum Gasteiger partial charge on any atom is 0.218 e. The summed E-state index contributed by atoms with van der Waals surface area (Å²) in [4.78, 5) is 17.8. The molecule has 27 heavy (non-hydrogen) atoms. The number of hydrogen-bond acceptors (Lipinski definition) is 5. The zero-order valence-corrected chi connectivity index (χ0v) is 16.1. The second kappa shape index (κ2) is 9.75. The van der Waals surface area contributed by atoms with Gasteiger partial charge in [0.05, 0.1) is 6.61 Å². The first-order chi connectivity index (χ1) is 13.3. The number of ether oxygens (including phenoxy) is 1. The predicted molar refractivity (Wildman–Crippen MR) is 108 cm³/mol. The van der Waals surface area contributed by atoms with Crippen LogP contribution in [0.5, 0.6) is 5.88 Å². The SMILES string of the molecule is CCCOc1ncccc1CNC(=NC)N1CCN(c2ccccn2)CC1. The van der Waals surface area contributed by atoms with E-state index in [4.69, 9.17) is 4.74 Å². The molecule has 1 aliphatic heterocycles. The van der Waals surface area contributed by atoms with Crippen molar-refractivity contribution in [3.63, 3.8) is 0 Å². The van der Waals surface area contributed by atoms with E-state index in [-0.39, 0.29) is 0 Å². The highest BCUT2D eigenvalue weighted by Gasteiger charge is 2.20. The van der Waals surface area contributed by atoms with Crippen LogP contribution in [0.15, 0.2) is 47.7 Å². The first-order valence-electron chi connectivity index (χ1n) is 9.50. The lowest BCUT2D eigenvalue weighted by molar-refractivity contribution is 0.301. The molecule has 144 valence electrons. The van der Waals surface area contributed by atoms with Crippen molar-refractivity contribution in [1.29, 1.82) is 0 Å². The molecule has 1 saturated heterocycles. The third-order valence-electron chi connectivity index (χ3n) is 4.49. The van der Waals surface area contributed by atoms with E-state index < -0.39 is 0 Å². The van der Waals surface area contributed by atoms with Crippen LogP contribution in [0.3, 0.4) is 0 Å². The molecule has 3 heterocycles. The van der Waals surface area contributed by atoms with Crippen molar-refractivity contribution in [2.45, 2.75) is 19.9 Å². The van der Waals surface area contributed by atoms with Crippen LogP contribution >= 0.6 is 0 Å². The van der Waals surface area contributed by atoms with E-state index in [1.165, 1.54) is 0 Å². The Kier molecular flexibility index (Phi) is 6.84. The van der Waals surface area contributed by atoms with E-state index in [2.05, 4.69) is 43.1 Å². The minimum absolute atomic E-state index is 0.639. The van der Waals surface area contributed by atoms with Crippen LogP contribution in [0.25, 0.3) is 0 Å². The summed E-state index contributed by atoms with van der Waals surface area (Å²) in [6.45, 7) is 7.07. The number of anilines is 1. The fraction of sp³-hybridized carbons (Fsp3) is 0.450. The lowest BCUT2D eigenvalue weighted by Crippen LogP contribution is -2.52. The Morgan fingerprint density at radius 2 is 1.93 bits per heavy atom. The molecule has 2 aromatic heterocycles. The van der Waals surface area contributed by atoms with Gasteiger partial charge in [-0.05, 0) is 24.6 Å². The fourth-order valence-corrected chi connectivity index (χ4v) is 3.08. The minimum Gasteiger partial charge on any atom is -0.477 e. The van der Waals surface area contributed by atoms with Gasteiger partial charge in [0.25, 0.3) is 0 Å². The molecule has 0 atom stereocenters. The number of nitrogens with zero attached hydrogens (tertiary/aromatic N) is 5. The van der Waals surface area contributed by atoms with E-state index in [1.807, 2.05) is 37.5 Å². The van der Waals surface area contributed by atoms with E-state index in [1.54, 1.807) is 6.20 Å². The first-order valence-corrected chi connectivity index (χ1v) is 9.50. The molecule has 0 radical (unpaired) electrons. The van der Waals surface area contributed by atoms with Crippen LogP contribution in [-0.2, 0) is 6.54 Å². The molecule has 0 amide bonds. The van der Waals surface area contributed by atoms with E-state index >= 15 is 0 Å². The number of nitrogens with one attached hydrogen (secondary N) is 1. The van der Waals surface area contributed by atoms with Crippen molar-refractivity contribution in [2.75, 3.05) is 44.7 Å². The molecule has 0 aliphatic carbocycles. The molecule has 1 aliphatic rings. The lowest BCUT2D eigenvalue weighted by atomic mass is 10.2. The molecule has 7 heteroatoms. The average Bonchev–Trinajstić information content (AvgIpc) is 2.74. The van der Waals surface area contributed by atoms with Crippen molar-refractivity contribution in [3.8, 4) is 5.88 Å². The van der Waals surface area contributed by atoms with Gasteiger partial charge >= 0.3 is 0 Å². The zero-order valence-electron chi connectivity index (χ0n) is 16.1. The van der Waals surface area contributed by atoms with Crippen LogP contribution in [0, 0.1) is 0 Å². The van der Waals surface area contributed by atoms with Gasteiger partial charge < -0.3 is 19.9 Å². The number of aromatic nitrogens is 2. The topological polar surface area (TPSA) is 65.9 Å². The maximum absolute atomic E-state index is 5.74. The Balaban J connectivity index is 1.55. The molecule has 1 fully saturated rings. The van der Waals surface area contributed by atoms with Gasteiger partial charge in [0.2, 0.25) is 5.88 Å². The van der Waals surface area contributed by atoms with Gasteiger partial charge in [-0.1, -0.05) is 19.1 Å². The molecule has 0 spiro atoms. The number of rotatable bonds is 6. The molecule has 0 unspecified atom stereocenters. The Bertz CT molecular complexity index is 728. The fourth-order valence-electron chi connectivity index (χ4n) is 3.08. The molecule has 1 N–H and O–H groups in total. The van der Waals surface area contributed by atoms with Gasteiger partial charge in [-0.15, -0.1) is 0 Å². The third-order valence-corrected chi connectivity index (χ3v) is 4.49. The lowest BCUT2D eigenvalue weighted by Gasteiger charge is -2.37. The zero-order chi connectivity index (χ0) is 18.9. The van der Waals surface area contributed by atoms with E-state index in [9.17, 15) is 0 Å². The van der Waals surface area contributed by atoms with Crippen LogP contribution in [-0.4, -0.2) is 60.7 Å². The van der Waals surface area contributed by atoms with Gasteiger partial charge in [-0.2, -0.15) is 0 Å². The number of aliphatic imine (C=N–C) groups is 1. The number of guanidine groups is 1. The predicted octanol–water partition coefficient (Wildman–Crippen LogP) is 2.16. The van der Waals surface area contributed by atoms with E-state index in [0.29, 0.717) is 19.0 Å². The van der Waals surface area contributed by atoms with Crippen molar-refractivity contribution in [3.05, 3.63) is 48.3 Å². The third kappa shape index (κ3) is 5.09. The monoisotopic (exact) mass is 368 g/mol. The van der Waals surface area contributed by atoms with Crippen LogP contribution in [0.1, 0.15) is 18.9 Å². The smallest absolute Gasteiger partial charge is 0.218 e. The van der Waals surface area contributed by atoms with Crippen LogP contribution in [0.2, 0.25) is 0 Å². The number of hydrogen-bond donors (Lipinski definition) is 1. The van der Waals surface area contributed by atoms with Gasteiger partial charge in [-0.3, -0.25) is 4.99 Å². The number of piperazine rings is 1. The first kappa shape index (κ1) is 18.9. The van der Waals surface area contributed by atoms with Crippen LogP contribution < -0.4 is 15.0 Å². The normalized spacial score (nSPS) is 15.0. The molecule has 7 nitrogen and oxygen atoms in total. The summed E-state index contributed by atoms with van der Waals surface area (Å²) >= 11 is 0. The highest BCUT2D eigenvalue weighted by atomic mass is 16.5. The van der Waals surface area contributed by atoms with Gasteiger partial charge in [0.1, 0.15) is 5.82 Å². The standard InChI is InChI=1S/C20H28N6O/c1-3-15-27-19-17(7-6-10-23-19)16-24-20(21-2)26-13-11-25(12-14-26)18-8-4-5-9-22-18/h4-10H,3,11-16H2,1-2H3,(H,21,24). The van der Waals surface area contributed by atoms with Gasteiger partial charge in [0, 0.05) is 57.7 Å². The largest absolute Gasteiger partial charge is 0.477 e. The van der Waals surface area contributed by atoms with Crippen molar-refractivity contribution >= 4 is 11.8 Å². The van der Waals surface area contributed by atoms with Crippen LogP contribution in [0.4, 0.5) is 5.82 Å². The quantitative estimate of drug-likeness (QED) is 0.623. The van der Waals surface area contributed by atoms with Crippen molar-refractivity contribution in [2.24, 2.45) is 4.99 Å². The molecular formula is C20H28N6O. The summed E-state index contributed by atoms with van der Waals surface area (Å²) in [7, 11) is 1.82. The Morgan fingerprint density at radius 1 is 1.11 bits per heavy atom. The highest BCUT2D eigenvalue weighted by molar-refractivity contribution is 5.80. The number of pyridine rings is 2. The van der Waals surface area contributed by atoms with E-state index in [0.717, 1.165) is 49.9 Å². The maximum atomic E-state index is 5.74. The van der Waals surface area contributed by atoms with Crippen molar-refractivity contribution in [1.82, 2.24) is 20.2 Å². The molecule has 0 aromatic carbocycles. The molecule has 0 saturated carbocycles. The summed E-state index contributed by atoms with van der Waals surface area (Å²) in [5.74, 6) is 2.64. The average molecular weight is 368 g/mol. The Labute approximate surface area is 161 Å². The molecule has 0 bridgehead atoms. The summed E-state index contributed by atoms with van der Waals surface area (Å²) in [5, 5.41) is 3.45. The summed E-state index contributed by atoms with van der Waals surface area (Å²) in [6.07, 6.45) is 4.57. The molecular weight excluding hydrogens is 340 g/mol. The van der Waals surface area contributed by atoms with Gasteiger partial charge in [0.15, 0.2) is 5.96 Å². The molecule has 2 aromatic rings. The Hall–Kier alpha value is -2.83. The van der Waals surface area contributed by atoms with Gasteiger partial charge in [-0.25, -0.2) is 9.97 Å². The molecule has 3 rings (SSSR count).